The van der Waals surface area contributed by atoms with E-state index in [-0.39, 0.29) is 0 Å². The molecule has 0 saturated heterocycles. The lowest BCUT2D eigenvalue weighted by atomic mass is 10.2. The van der Waals surface area contributed by atoms with Crippen LogP contribution in [0.5, 0.6) is 0 Å². The molecule has 3 heteroatoms. The number of nitrogens with one attached hydrogen (secondary N) is 1. The minimum atomic E-state index is 0.788. The molecule has 0 amide bonds. The van der Waals surface area contributed by atoms with Crippen LogP contribution in [0.3, 0.4) is 0 Å². The van der Waals surface area contributed by atoms with E-state index in [0.29, 0.717) is 0 Å². The molecule has 0 fully saturated rings. The van der Waals surface area contributed by atoms with Crippen LogP contribution in [-0.2, 0) is 13.1 Å². The van der Waals surface area contributed by atoms with Crippen molar-refractivity contribution in [3.8, 4) is 0 Å². The highest BCUT2D eigenvalue weighted by atomic mass is 35.5. The molecule has 0 aliphatic rings. The van der Waals surface area contributed by atoms with E-state index in [1.54, 1.807) is 0 Å². The second-order valence-electron chi connectivity index (χ2n) is 4.43. The third kappa shape index (κ3) is 3.62. The normalized spacial score (nSPS) is 10.8. The monoisotopic (exact) mass is 262 g/mol. The van der Waals surface area contributed by atoms with E-state index < -0.39 is 0 Å². The molecule has 2 nitrogen and oxygen atoms in total. The third-order valence-corrected chi connectivity index (χ3v) is 3.17. The van der Waals surface area contributed by atoms with Crippen LogP contribution in [0.25, 0.3) is 0 Å². The van der Waals surface area contributed by atoms with Gasteiger partial charge in [0.25, 0.3) is 0 Å². The summed E-state index contributed by atoms with van der Waals surface area (Å²) >= 11 is 5.89. The molecule has 2 aromatic rings. The number of aromatic nitrogens is 1. The Labute approximate surface area is 114 Å². The Morgan fingerprint density at radius 1 is 1.17 bits per heavy atom. The van der Waals surface area contributed by atoms with Crippen LogP contribution in [0.4, 0.5) is 0 Å². The van der Waals surface area contributed by atoms with Crippen LogP contribution >= 0.6 is 11.6 Å². The number of benzene rings is 1. The van der Waals surface area contributed by atoms with Crippen molar-refractivity contribution in [1.29, 1.82) is 0 Å². The molecule has 1 aromatic carbocycles. The maximum Gasteiger partial charge on any atom is 0.0473 e. The van der Waals surface area contributed by atoms with Gasteiger partial charge in [-0.1, -0.05) is 30.7 Å². The van der Waals surface area contributed by atoms with Crippen LogP contribution in [-0.4, -0.2) is 11.1 Å². The average molecular weight is 263 g/mol. The van der Waals surface area contributed by atoms with Crippen LogP contribution < -0.4 is 5.32 Å². The molecule has 1 heterocycles. The van der Waals surface area contributed by atoms with E-state index in [0.717, 1.165) is 31.1 Å². The lowest BCUT2D eigenvalue weighted by Gasteiger charge is -2.10. The molecule has 1 aromatic heterocycles. The maximum atomic E-state index is 5.89. The molecule has 0 bridgehead atoms. The summed E-state index contributed by atoms with van der Waals surface area (Å²) in [4.78, 5) is 0. The molecule has 18 heavy (non-hydrogen) atoms. The highest BCUT2D eigenvalue weighted by molar-refractivity contribution is 6.30. The zero-order valence-corrected chi connectivity index (χ0v) is 11.5. The van der Waals surface area contributed by atoms with Gasteiger partial charge in [-0.25, -0.2) is 0 Å². The largest absolute Gasteiger partial charge is 0.346 e. The van der Waals surface area contributed by atoms with Gasteiger partial charge in [0.2, 0.25) is 0 Å². The van der Waals surface area contributed by atoms with E-state index in [4.69, 9.17) is 11.6 Å². The van der Waals surface area contributed by atoms with Gasteiger partial charge >= 0.3 is 0 Å². The Kier molecular flexibility index (Phi) is 4.85. The van der Waals surface area contributed by atoms with E-state index in [9.17, 15) is 0 Å². The smallest absolute Gasteiger partial charge is 0.0473 e. The molecule has 0 aliphatic carbocycles. The summed E-state index contributed by atoms with van der Waals surface area (Å²) in [5.41, 5.74) is 2.59. The highest BCUT2D eigenvalue weighted by Crippen LogP contribution is 2.12. The van der Waals surface area contributed by atoms with E-state index in [1.807, 2.05) is 12.1 Å². The third-order valence-electron chi connectivity index (χ3n) is 2.92. The van der Waals surface area contributed by atoms with Gasteiger partial charge in [0.15, 0.2) is 0 Å². The molecule has 96 valence electrons. The summed E-state index contributed by atoms with van der Waals surface area (Å²) in [7, 11) is 0. The molecule has 0 aliphatic heterocycles. The van der Waals surface area contributed by atoms with Crippen molar-refractivity contribution in [2.24, 2.45) is 0 Å². The first kappa shape index (κ1) is 13.2. The Bertz CT molecular complexity index is 473. The zero-order chi connectivity index (χ0) is 12.8. The molecule has 1 N–H and O–H groups in total. The van der Waals surface area contributed by atoms with Crippen LogP contribution in [0.2, 0.25) is 5.02 Å². The minimum Gasteiger partial charge on any atom is -0.346 e. The van der Waals surface area contributed by atoms with Crippen molar-refractivity contribution >= 4 is 11.6 Å². The van der Waals surface area contributed by atoms with Crippen molar-refractivity contribution in [3.05, 3.63) is 58.9 Å². The summed E-state index contributed by atoms with van der Waals surface area (Å²) in [6, 6.07) is 12.3. The van der Waals surface area contributed by atoms with E-state index >= 15 is 0 Å². The quantitative estimate of drug-likeness (QED) is 0.786. The molecule has 0 spiro atoms. The number of rotatable bonds is 6. The Hall–Kier alpha value is -1.25. The van der Waals surface area contributed by atoms with Crippen molar-refractivity contribution in [3.63, 3.8) is 0 Å². The summed E-state index contributed by atoms with van der Waals surface area (Å²) in [6.45, 7) is 5.06. The first-order chi connectivity index (χ1) is 8.79. The van der Waals surface area contributed by atoms with Gasteiger partial charge in [-0.05, 0) is 42.8 Å². The van der Waals surface area contributed by atoms with Gasteiger partial charge in [0, 0.05) is 30.0 Å². The summed E-state index contributed by atoms with van der Waals surface area (Å²) in [6.07, 6.45) is 3.29. The standard InChI is InChI=1S/C15H19ClN2/c1-2-9-17-11-15-4-3-10-18(15)12-13-5-7-14(16)8-6-13/h3-8,10,17H,2,9,11-12H2,1H3. The number of nitrogens with zero attached hydrogens (tertiary/aromatic N) is 1. The first-order valence-corrected chi connectivity index (χ1v) is 6.76. The summed E-state index contributed by atoms with van der Waals surface area (Å²) in [5.74, 6) is 0. The van der Waals surface area contributed by atoms with Crippen molar-refractivity contribution < 1.29 is 0 Å². The molecule has 0 saturated carbocycles. The Morgan fingerprint density at radius 3 is 2.67 bits per heavy atom. The van der Waals surface area contributed by atoms with Crippen molar-refractivity contribution in [2.45, 2.75) is 26.4 Å². The Morgan fingerprint density at radius 2 is 1.94 bits per heavy atom. The number of hydrogen-bond donors (Lipinski definition) is 1. The fraction of sp³-hybridized carbons (Fsp3) is 0.333. The van der Waals surface area contributed by atoms with Crippen molar-refractivity contribution in [1.82, 2.24) is 9.88 Å². The Balaban J connectivity index is 2.00. The predicted octanol–water partition coefficient (Wildman–Crippen LogP) is 3.69. The molecular weight excluding hydrogens is 244 g/mol. The second-order valence-corrected chi connectivity index (χ2v) is 4.87. The molecule has 0 radical (unpaired) electrons. The van der Waals surface area contributed by atoms with Crippen LogP contribution in [0, 0.1) is 0 Å². The average Bonchev–Trinajstić information content (AvgIpc) is 2.80. The van der Waals surface area contributed by atoms with Crippen LogP contribution in [0.15, 0.2) is 42.6 Å². The molecule has 0 unspecified atom stereocenters. The lowest BCUT2D eigenvalue weighted by Crippen LogP contribution is -2.16. The highest BCUT2D eigenvalue weighted by Gasteiger charge is 2.01. The molecular formula is C15H19ClN2. The number of halogens is 1. The second kappa shape index (κ2) is 6.62. The first-order valence-electron chi connectivity index (χ1n) is 6.39. The van der Waals surface area contributed by atoms with Gasteiger partial charge in [-0.3, -0.25) is 0 Å². The summed E-state index contributed by atoms with van der Waals surface area (Å²) < 4.78 is 2.27. The van der Waals surface area contributed by atoms with Gasteiger partial charge in [0.05, 0.1) is 0 Å². The minimum absolute atomic E-state index is 0.788. The van der Waals surface area contributed by atoms with Gasteiger partial charge in [-0.15, -0.1) is 0 Å². The molecule has 0 atom stereocenters. The van der Waals surface area contributed by atoms with Crippen LogP contribution in [0.1, 0.15) is 24.6 Å². The fourth-order valence-corrected chi connectivity index (χ4v) is 2.07. The SMILES string of the molecule is CCCNCc1cccn1Cc1ccc(Cl)cc1. The molecule has 2 rings (SSSR count). The zero-order valence-electron chi connectivity index (χ0n) is 10.7. The topological polar surface area (TPSA) is 17.0 Å². The predicted molar refractivity (Wildman–Crippen MR) is 77.0 cm³/mol. The van der Waals surface area contributed by atoms with Gasteiger partial charge in [-0.2, -0.15) is 0 Å². The van der Waals surface area contributed by atoms with Gasteiger partial charge in [0.1, 0.15) is 0 Å². The fourth-order valence-electron chi connectivity index (χ4n) is 1.94. The van der Waals surface area contributed by atoms with Gasteiger partial charge < -0.3 is 9.88 Å². The summed E-state index contributed by atoms with van der Waals surface area (Å²) in [5, 5.41) is 4.22. The van der Waals surface area contributed by atoms with E-state index in [2.05, 4.69) is 47.3 Å². The lowest BCUT2D eigenvalue weighted by molar-refractivity contribution is 0.630. The van der Waals surface area contributed by atoms with Crippen molar-refractivity contribution in [2.75, 3.05) is 6.54 Å². The number of hydrogen-bond acceptors (Lipinski definition) is 1. The maximum absolute atomic E-state index is 5.89. The van der Waals surface area contributed by atoms with E-state index in [1.165, 1.54) is 11.3 Å².